The zero-order valence-corrected chi connectivity index (χ0v) is 14.0. The second kappa shape index (κ2) is 5.43. The molecular formula is C18H12F2O2S2. The van der Waals surface area contributed by atoms with Crippen molar-refractivity contribution in [1.29, 1.82) is 0 Å². The summed E-state index contributed by atoms with van der Waals surface area (Å²) < 4.78 is 53.1. The van der Waals surface area contributed by atoms with Gasteiger partial charge in [-0.05, 0) is 53.4 Å². The van der Waals surface area contributed by atoms with Gasteiger partial charge in [0.05, 0.1) is 9.79 Å². The molecule has 0 saturated heterocycles. The third-order valence-corrected chi connectivity index (χ3v) is 8.61. The highest BCUT2D eigenvalue weighted by Gasteiger charge is 2.35. The number of rotatable bonds is 1. The number of benzene rings is 3. The van der Waals surface area contributed by atoms with Crippen molar-refractivity contribution in [3.8, 4) is 0 Å². The van der Waals surface area contributed by atoms with E-state index >= 15 is 0 Å². The van der Waals surface area contributed by atoms with E-state index in [9.17, 15) is 17.2 Å². The molecular weight excluding hydrogens is 350 g/mol. The molecule has 0 bridgehead atoms. The van der Waals surface area contributed by atoms with Crippen LogP contribution >= 0.6 is 10.9 Å². The highest BCUT2D eigenvalue weighted by Crippen LogP contribution is 2.59. The van der Waals surface area contributed by atoms with Crippen molar-refractivity contribution in [2.75, 3.05) is 0 Å². The molecule has 0 saturated carbocycles. The molecule has 0 N–H and O–H groups in total. The first-order chi connectivity index (χ1) is 11.5. The summed E-state index contributed by atoms with van der Waals surface area (Å²) in [6.45, 7) is 0. The van der Waals surface area contributed by atoms with Crippen molar-refractivity contribution >= 4 is 20.7 Å². The molecule has 1 aliphatic rings. The first-order valence-corrected chi connectivity index (χ1v) is 10.0. The van der Waals surface area contributed by atoms with Crippen molar-refractivity contribution in [1.82, 2.24) is 0 Å². The summed E-state index contributed by atoms with van der Waals surface area (Å²) >= 11 is 0. The van der Waals surface area contributed by atoms with Crippen LogP contribution in [0.5, 0.6) is 0 Å². The van der Waals surface area contributed by atoms with Gasteiger partial charge in [-0.3, -0.25) is 0 Å². The van der Waals surface area contributed by atoms with E-state index in [1.54, 1.807) is 0 Å². The third-order valence-electron chi connectivity index (χ3n) is 3.92. The topological polar surface area (TPSA) is 34.1 Å². The van der Waals surface area contributed by atoms with Gasteiger partial charge in [-0.15, -0.1) is 0 Å². The summed E-state index contributed by atoms with van der Waals surface area (Å²) in [6.07, 6.45) is 0. The fourth-order valence-corrected chi connectivity index (χ4v) is 7.91. The Balaban J connectivity index is 2.11. The molecule has 1 aliphatic heterocycles. The lowest BCUT2D eigenvalue weighted by molar-refractivity contribution is 0.579. The second-order valence-electron chi connectivity index (χ2n) is 5.40. The Bertz CT molecular complexity index is 988. The maximum Gasteiger partial charge on any atom is 0.208 e. The maximum atomic E-state index is 13.7. The number of fused-ring (bicyclic) bond motifs is 2. The first-order valence-electron chi connectivity index (χ1n) is 7.18. The number of hydrogen-bond donors (Lipinski definition) is 1. The van der Waals surface area contributed by atoms with Crippen LogP contribution in [-0.4, -0.2) is 8.42 Å². The van der Waals surface area contributed by atoms with E-state index in [-0.39, 0.29) is 9.79 Å². The Labute approximate surface area is 141 Å². The molecule has 2 nitrogen and oxygen atoms in total. The molecule has 0 aromatic heterocycles. The molecule has 0 unspecified atom stereocenters. The number of thiol groups is 1. The zero-order valence-electron chi connectivity index (χ0n) is 12.3. The molecule has 0 radical (unpaired) electrons. The summed E-state index contributed by atoms with van der Waals surface area (Å²) in [5.74, 6) is -1.25. The minimum atomic E-state index is -3.95. The molecule has 3 aromatic carbocycles. The van der Waals surface area contributed by atoms with Crippen LogP contribution in [0.2, 0.25) is 0 Å². The lowest BCUT2D eigenvalue weighted by Crippen LogP contribution is -2.13. The second-order valence-corrected chi connectivity index (χ2v) is 9.44. The monoisotopic (exact) mass is 362 g/mol. The van der Waals surface area contributed by atoms with Crippen molar-refractivity contribution < 1.29 is 17.2 Å². The van der Waals surface area contributed by atoms with Crippen LogP contribution < -0.4 is 0 Å². The van der Waals surface area contributed by atoms with Gasteiger partial charge in [0.1, 0.15) is 11.6 Å². The van der Waals surface area contributed by atoms with E-state index in [4.69, 9.17) is 0 Å². The highest BCUT2D eigenvalue weighted by molar-refractivity contribution is 8.18. The van der Waals surface area contributed by atoms with Crippen molar-refractivity contribution in [2.45, 2.75) is 24.5 Å². The first kappa shape index (κ1) is 15.4. The van der Waals surface area contributed by atoms with Gasteiger partial charge in [0.25, 0.3) is 0 Å². The van der Waals surface area contributed by atoms with Crippen molar-refractivity contribution in [2.24, 2.45) is 0 Å². The molecule has 1 heterocycles. The minimum absolute atomic E-state index is 0.0736. The molecule has 0 spiro atoms. The van der Waals surface area contributed by atoms with E-state index in [1.165, 1.54) is 24.3 Å². The largest absolute Gasteiger partial charge is 0.218 e. The Hall–Kier alpha value is -2.18. The molecule has 0 atom stereocenters. The Morgan fingerprint density at radius 2 is 1.21 bits per heavy atom. The Morgan fingerprint density at radius 1 is 0.708 bits per heavy atom. The summed E-state index contributed by atoms with van der Waals surface area (Å²) in [7, 11) is -5.15. The quantitative estimate of drug-likeness (QED) is 0.503. The fourth-order valence-electron chi connectivity index (χ4n) is 2.88. The molecule has 0 amide bonds. The van der Waals surface area contributed by atoms with Crippen LogP contribution in [-0.2, 0) is 9.84 Å². The van der Waals surface area contributed by atoms with Gasteiger partial charge in [-0.2, -0.15) is 10.9 Å². The average molecular weight is 362 g/mol. The van der Waals surface area contributed by atoms with Gasteiger partial charge in [0, 0.05) is 9.79 Å². The molecule has 3 aromatic rings. The van der Waals surface area contributed by atoms with Crippen LogP contribution in [0.4, 0.5) is 8.78 Å². The number of sulfone groups is 1. The van der Waals surface area contributed by atoms with Crippen molar-refractivity contribution in [3.05, 3.63) is 78.4 Å². The van der Waals surface area contributed by atoms with Crippen LogP contribution in [0.1, 0.15) is 0 Å². The zero-order chi connectivity index (χ0) is 16.9. The van der Waals surface area contributed by atoms with E-state index in [0.717, 1.165) is 17.0 Å². The number of halogens is 2. The molecule has 24 heavy (non-hydrogen) atoms. The van der Waals surface area contributed by atoms with Gasteiger partial charge in [-0.1, -0.05) is 18.2 Å². The summed E-state index contributed by atoms with van der Waals surface area (Å²) in [6, 6.07) is 17.0. The summed E-state index contributed by atoms with van der Waals surface area (Å²) in [4.78, 5) is 1.92. The predicted molar refractivity (Wildman–Crippen MR) is 88.5 cm³/mol. The summed E-state index contributed by atoms with van der Waals surface area (Å²) in [5.41, 5.74) is 0. The number of hydrogen-bond acceptors (Lipinski definition) is 2. The van der Waals surface area contributed by atoms with Gasteiger partial charge in [0.2, 0.25) is 9.84 Å². The maximum absolute atomic E-state index is 13.7. The van der Waals surface area contributed by atoms with E-state index in [2.05, 4.69) is 0 Å². The van der Waals surface area contributed by atoms with E-state index in [1.807, 2.05) is 30.3 Å². The fraction of sp³-hybridized carbons (Fsp3) is 0. The lowest BCUT2D eigenvalue weighted by atomic mass is 10.3. The van der Waals surface area contributed by atoms with Gasteiger partial charge >= 0.3 is 0 Å². The van der Waals surface area contributed by atoms with Crippen LogP contribution in [0.25, 0.3) is 0 Å². The SMILES string of the molecule is O=S1(=O)c2cc(F)ccc2[SH](c2ccccc2)c2ccc(F)cc21. The van der Waals surface area contributed by atoms with Crippen molar-refractivity contribution in [3.63, 3.8) is 0 Å². The van der Waals surface area contributed by atoms with E-state index in [0.29, 0.717) is 9.79 Å². The predicted octanol–water partition coefficient (Wildman–Crippen LogP) is 4.59. The van der Waals surface area contributed by atoms with Gasteiger partial charge in [-0.25, -0.2) is 17.2 Å². The Kier molecular flexibility index (Phi) is 3.47. The van der Waals surface area contributed by atoms with Crippen LogP contribution in [0.15, 0.2) is 91.2 Å². The molecule has 0 aliphatic carbocycles. The van der Waals surface area contributed by atoms with Gasteiger partial charge < -0.3 is 0 Å². The Morgan fingerprint density at radius 3 is 1.71 bits per heavy atom. The molecule has 4 rings (SSSR count). The summed E-state index contributed by atoms with van der Waals surface area (Å²) in [5, 5.41) is 0. The highest BCUT2D eigenvalue weighted by atomic mass is 32.2. The average Bonchev–Trinajstić information content (AvgIpc) is 2.57. The molecule has 0 fully saturated rings. The van der Waals surface area contributed by atoms with Crippen LogP contribution in [0, 0.1) is 11.6 Å². The van der Waals surface area contributed by atoms with Crippen LogP contribution in [0.3, 0.4) is 0 Å². The lowest BCUT2D eigenvalue weighted by Gasteiger charge is -2.31. The molecule has 6 heteroatoms. The minimum Gasteiger partial charge on any atom is -0.218 e. The van der Waals surface area contributed by atoms with Gasteiger partial charge in [0.15, 0.2) is 0 Å². The third kappa shape index (κ3) is 2.25. The van der Waals surface area contributed by atoms with E-state index < -0.39 is 32.4 Å². The normalized spacial score (nSPS) is 16.3. The smallest absolute Gasteiger partial charge is 0.208 e. The standard InChI is InChI=1S/C18H12F2O2S2/c19-12-6-8-15-17(10-12)24(21,22)18-11-13(20)7-9-16(18)23(15)14-4-2-1-3-5-14/h1-11,23H. The molecule has 122 valence electrons.